The van der Waals surface area contributed by atoms with Gasteiger partial charge in [0.25, 0.3) is 0 Å². The van der Waals surface area contributed by atoms with Crippen molar-refractivity contribution in [3.63, 3.8) is 0 Å². The third-order valence-corrected chi connectivity index (χ3v) is 3.58. The number of unbranched alkanes of at least 4 members (excludes halogenated alkanes) is 2. The van der Waals surface area contributed by atoms with Crippen LogP contribution in [0.2, 0.25) is 0 Å². The van der Waals surface area contributed by atoms with Crippen LogP contribution in [0.3, 0.4) is 0 Å². The molecular formula is C14H26N2S. The molecule has 0 fully saturated rings. The molecule has 98 valence electrons. The lowest BCUT2D eigenvalue weighted by atomic mass is 10.2. The Morgan fingerprint density at radius 1 is 1.24 bits per heavy atom. The van der Waals surface area contributed by atoms with Crippen LogP contribution in [0.4, 0.5) is 0 Å². The van der Waals surface area contributed by atoms with Crippen molar-refractivity contribution >= 4 is 11.3 Å². The molecule has 0 unspecified atom stereocenters. The zero-order valence-corrected chi connectivity index (χ0v) is 12.1. The Labute approximate surface area is 110 Å². The van der Waals surface area contributed by atoms with Gasteiger partial charge in [0.05, 0.1) is 0 Å². The molecule has 0 aliphatic heterocycles. The second kappa shape index (κ2) is 9.63. The summed E-state index contributed by atoms with van der Waals surface area (Å²) in [5.74, 6) is 0. The van der Waals surface area contributed by atoms with Gasteiger partial charge in [0, 0.05) is 6.54 Å². The summed E-state index contributed by atoms with van der Waals surface area (Å²) in [7, 11) is 2.22. The molecule has 1 rings (SSSR count). The summed E-state index contributed by atoms with van der Waals surface area (Å²) < 4.78 is 0. The monoisotopic (exact) mass is 254 g/mol. The average Bonchev–Trinajstić information content (AvgIpc) is 2.80. The Morgan fingerprint density at radius 2 is 2.12 bits per heavy atom. The Morgan fingerprint density at radius 3 is 2.82 bits per heavy atom. The highest BCUT2D eigenvalue weighted by Gasteiger charge is 2.00. The maximum Gasteiger partial charge on any atom is 0.0238 e. The fourth-order valence-corrected chi connectivity index (χ4v) is 2.54. The van der Waals surface area contributed by atoms with Gasteiger partial charge in [-0.15, -0.1) is 0 Å². The molecule has 0 atom stereocenters. The van der Waals surface area contributed by atoms with E-state index in [-0.39, 0.29) is 0 Å². The van der Waals surface area contributed by atoms with Gasteiger partial charge in [0.1, 0.15) is 0 Å². The molecule has 1 aromatic rings. The van der Waals surface area contributed by atoms with E-state index in [1.165, 1.54) is 44.3 Å². The van der Waals surface area contributed by atoms with Crippen LogP contribution in [0.15, 0.2) is 16.8 Å². The fraction of sp³-hybridized carbons (Fsp3) is 0.714. The van der Waals surface area contributed by atoms with Gasteiger partial charge in [0.15, 0.2) is 0 Å². The van der Waals surface area contributed by atoms with Gasteiger partial charge in [-0.2, -0.15) is 11.3 Å². The van der Waals surface area contributed by atoms with E-state index in [2.05, 4.69) is 41.0 Å². The van der Waals surface area contributed by atoms with Crippen molar-refractivity contribution in [1.29, 1.82) is 0 Å². The van der Waals surface area contributed by atoms with Crippen molar-refractivity contribution < 1.29 is 0 Å². The van der Waals surface area contributed by atoms with E-state index in [1.807, 2.05) is 0 Å². The molecular weight excluding hydrogens is 228 g/mol. The molecule has 1 heterocycles. The van der Waals surface area contributed by atoms with Gasteiger partial charge >= 0.3 is 0 Å². The van der Waals surface area contributed by atoms with Gasteiger partial charge in [-0.05, 0) is 68.3 Å². The van der Waals surface area contributed by atoms with Crippen molar-refractivity contribution in [3.05, 3.63) is 22.4 Å². The van der Waals surface area contributed by atoms with Crippen LogP contribution in [-0.4, -0.2) is 31.6 Å². The van der Waals surface area contributed by atoms with Crippen molar-refractivity contribution in [2.75, 3.05) is 26.7 Å². The highest BCUT2D eigenvalue weighted by Crippen LogP contribution is 2.09. The maximum atomic E-state index is 3.45. The van der Waals surface area contributed by atoms with Crippen molar-refractivity contribution in [2.45, 2.75) is 39.2 Å². The highest BCUT2D eigenvalue weighted by molar-refractivity contribution is 7.07. The summed E-state index contributed by atoms with van der Waals surface area (Å²) in [5, 5.41) is 7.84. The summed E-state index contributed by atoms with van der Waals surface area (Å²) >= 11 is 1.79. The van der Waals surface area contributed by atoms with Crippen LogP contribution >= 0.6 is 11.3 Å². The van der Waals surface area contributed by atoms with Crippen LogP contribution in [-0.2, 0) is 6.54 Å². The van der Waals surface area contributed by atoms with E-state index >= 15 is 0 Å². The Kier molecular flexibility index (Phi) is 8.32. The van der Waals surface area contributed by atoms with Crippen molar-refractivity contribution in [1.82, 2.24) is 10.2 Å². The molecule has 2 nitrogen and oxygen atoms in total. The van der Waals surface area contributed by atoms with Crippen LogP contribution in [0.25, 0.3) is 0 Å². The largest absolute Gasteiger partial charge is 0.317 e. The predicted octanol–water partition coefficient (Wildman–Crippen LogP) is 3.35. The molecule has 0 radical (unpaired) electrons. The number of hydrogen-bond donors (Lipinski definition) is 1. The average molecular weight is 254 g/mol. The topological polar surface area (TPSA) is 15.3 Å². The smallest absolute Gasteiger partial charge is 0.0238 e. The van der Waals surface area contributed by atoms with E-state index in [0.717, 1.165) is 13.1 Å². The molecule has 17 heavy (non-hydrogen) atoms. The predicted molar refractivity (Wildman–Crippen MR) is 77.7 cm³/mol. The SMILES string of the molecule is CCCNCCCCCN(C)Cc1ccsc1. The van der Waals surface area contributed by atoms with Crippen molar-refractivity contribution in [3.8, 4) is 0 Å². The molecule has 1 N–H and O–H groups in total. The maximum absolute atomic E-state index is 3.45. The highest BCUT2D eigenvalue weighted by atomic mass is 32.1. The Balaban J connectivity index is 1.92. The van der Waals surface area contributed by atoms with E-state index in [1.54, 1.807) is 11.3 Å². The minimum Gasteiger partial charge on any atom is -0.317 e. The summed E-state index contributed by atoms with van der Waals surface area (Å²) in [4.78, 5) is 2.42. The first kappa shape index (κ1) is 14.7. The minimum atomic E-state index is 1.09. The summed E-state index contributed by atoms with van der Waals surface area (Å²) in [5.41, 5.74) is 1.45. The first-order chi connectivity index (χ1) is 8.33. The van der Waals surface area contributed by atoms with Crippen molar-refractivity contribution in [2.24, 2.45) is 0 Å². The zero-order chi connectivity index (χ0) is 12.3. The van der Waals surface area contributed by atoms with Gasteiger partial charge < -0.3 is 10.2 Å². The number of thiophene rings is 1. The molecule has 3 heteroatoms. The third-order valence-electron chi connectivity index (χ3n) is 2.85. The number of hydrogen-bond acceptors (Lipinski definition) is 3. The molecule has 0 saturated carbocycles. The first-order valence-electron chi connectivity index (χ1n) is 6.73. The second-order valence-corrected chi connectivity index (χ2v) is 5.46. The summed E-state index contributed by atoms with van der Waals surface area (Å²) in [6, 6.07) is 2.22. The van der Waals surface area contributed by atoms with Crippen LogP contribution in [0, 0.1) is 0 Å². The van der Waals surface area contributed by atoms with Gasteiger partial charge in [-0.3, -0.25) is 0 Å². The van der Waals surface area contributed by atoms with Gasteiger partial charge in [0.2, 0.25) is 0 Å². The standard InChI is InChI=1S/C14H26N2S/c1-3-8-15-9-5-4-6-10-16(2)12-14-7-11-17-13-14/h7,11,13,15H,3-6,8-10,12H2,1-2H3. The molecule has 1 aromatic heterocycles. The lowest BCUT2D eigenvalue weighted by Gasteiger charge is -2.15. The molecule has 0 aliphatic rings. The number of rotatable bonds is 10. The van der Waals surface area contributed by atoms with E-state index in [0.29, 0.717) is 0 Å². The zero-order valence-electron chi connectivity index (χ0n) is 11.2. The van der Waals surface area contributed by atoms with Crippen LogP contribution in [0.1, 0.15) is 38.2 Å². The molecule has 0 amide bonds. The second-order valence-electron chi connectivity index (χ2n) is 4.68. The molecule has 0 bridgehead atoms. The summed E-state index contributed by atoms with van der Waals surface area (Å²) in [6.07, 6.45) is 5.20. The van der Waals surface area contributed by atoms with E-state index in [4.69, 9.17) is 0 Å². The quantitative estimate of drug-likeness (QED) is 0.644. The molecule has 0 spiro atoms. The van der Waals surface area contributed by atoms with Gasteiger partial charge in [-0.1, -0.05) is 13.3 Å². The van der Waals surface area contributed by atoms with E-state index in [9.17, 15) is 0 Å². The Hall–Kier alpha value is -0.380. The van der Waals surface area contributed by atoms with Gasteiger partial charge in [-0.25, -0.2) is 0 Å². The fourth-order valence-electron chi connectivity index (χ4n) is 1.88. The lowest BCUT2D eigenvalue weighted by Crippen LogP contribution is -2.19. The molecule has 0 aromatic carbocycles. The third kappa shape index (κ3) is 7.53. The molecule has 0 aliphatic carbocycles. The minimum absolute atomic E-state index is 1.09. The number of nitrogens with zero attached hydrogens (tertiary/aromatic N) is 1. The first-order valence-corrected chi connectivity index (χ1v) is 7.67. The van der Waals surface area contributed by atoms with E-state index < -0.39 is 0 Å². The van der Waals surface area contributed by atoms with Crippen LogP contribution < -0.4 is 5.32 Å². The normalized spacial score (nSPS) is 11.2. The Bertz CT molecular complexity index is 259. The summed E-state index contributed by atoms with van der Waals surface area (Å²) in [6.45, 7) is 6.87. The molecule has 0 saturated heterocycles. The van der Waals surface area contributed by atoms with Crippen LogP contribution in [0.5, 0.6) is 0 Å². The number of nitrogens with one attached hydrogen (secondary N) is 1. The lowest BCUT2D eigenvalue weighted by molar-refractivity contribution is 0.317.